The van der Waals surface area contributed by atoms with Crippen molar-refractivity contribution in [3.8, 4) is 0 Å². The van der Waals surface area contributed by atoms with Gasteiger partial charge in [0.2, 0.25) is 5.91 Å². The molecule has 1 atom stereocenters. The highest BCUT2D eigenvalue weighted by Gasteiger charge is 2.25. The molecule has 0 aliphatic carbocycles. The SMILES string of the molecule is C=CCNC(=O)[C@H](C)N1CCN(c2ccccc2)CC1. The number of nitrogens with one attached hydrogen (secondary N) is 1. The molecule has 1 aliphatic rings. The third-order valence-electron chi connectivity index (χ3n) is 3.78. The molecule has 1 heterocycles. The highest BCUT2D eigenvalue weighted by Crippen LogP contribution is 2.16. The first kappa shape index (κ1) is 14.6. The summed E-state index contributed by atoms with van der Waals surface area (Å²) in [5, 5.41) is 2.86. The van der Waals surface area contributed by atoms with Crippen molar-refractivity contribution in [2.24, 2.45) is 0 Å². The van der Waals surface area contributed by atoms with E-state index >= 15 is 0 Å². The average molecular weight is 273 g/mol. The van der Waals surface area contributed by atoms with Crippen LogP contribution in [0.2, 0.25) is 0 Å². The van der Waals surface area contributed by atoms with Crippen molar-refractivity contribution >= 4 is 11.6 Å². The number of benzene rings is 1. The first-order valence-corrected chi connectivity index (χ1v) is 7.15. The number of piperazine rings is 1. The van der Waals surface area contributed by atoms with Crippen molar-refractivity contribution < 1.29 is 4.79 Å². The first-order valence-electron chi connectivity index (χ1n) is 7.15. The molecule has 1 aliphatic heterocycles. The van der Waals surface area contributed by atoms with Crippen LogP contribution in [-0.4, -0.2) is 49.6 Å². The standard InChI is InChI=1S/C16H23N3O/c1-3-9-17-16(20)14(2)18-10-12-19(13-11-18)15-7-5-4-6-8-15/h3-8,14H,1,9-13H2,2H3,(H,17,20)/t14-/m0/s1. The van der Waals surface area contributed by atoms with Crippen molar-refractivity contribution in [3.05, 3.63) is 43.0 Å². The molecule has 0 spiro atoms. The maximum absolute atomic E-state index is 11.9. The number of hydrogen-bond acceptors (Lipinski definition) is 3. The topological polar surface area (TPSA) is 35.6 Å². The Hall–Kier alpha value is -1.81. The van der Waals surface area contributed by atoms with Gasteiger partial charge >= 0.3 is 0 Å². The molecule has 1 aromatic rings. The molecule has 0 unspecified atom stereocenters. The molecule has 1 fully saturated rings. The summed E-state index contributed by atoms with van der Waals surface area (Å²) >= 11 is 0. The number of hydrogen-bond donors (Lipinski definition) is 1. The summed E-state index contributed by atoms with van der Waals surface area (Å²) in [7, 11) is 0. The first-order chi connectivity index (χ1) is 9.72. The van der Waals surface area contributed by atoms with Crippen LogP contribution in [0.4, 0.5) is 5.69 Å². The second kappa shape index (κ2) is 7.10. The predicted octanol–water partition coefficient (Wildman–Crippen LogP) is 1.50. The van der Waals surface area contributed by atoms with Crippen LogP contribution < -0.4 is 10.2 Å². The summed E-state index contributed by atoms with van der Waals surface area (Å²) in [6.45, 7) is 9.87. The Kier molecular flexibility index (Phi) is 5.18. The average Bonchev–Trinajstić information content (AvgIpc) is 2.53. The Bertz CT molecular complexity index is 438. The molecular formula is C16H23N3O. The monoisotopic (exact) mass is 273 g/mol. The maximum atomic E-state index is 11.9. The van der Waals surface area contributed by atoms with E-state index in [9.17, 15) is 4.79 Å². The Morgan fingerprint density at radius 2 is 1.95 bits per heavy atom. The van der Waals surface area contributed by atoms with Crippen LogP contribution in [0.15, 0.2) is 43.0 Å². The highest BCUT2D eigenvalue weighted by atomic mass is 16.2. The van der Waals surface area contributed by atoms with Crippen molar-refractivity contribution in [1.29, 1.82) is 0 Å². The number of nitrogens with zero attached hydrogens (tertiary/aromatic N) is 2. The van der Waals surface area contributed by atoms with Gasteiger partial charge in [-0.3, -0.25) is 9.69 Å². The molecule has 0 bridgehead atoms. The minimum absolute atomic E-state index is 0.0760. The molecule has 0 saturated carbocycles. The molecule has 2 rings (SSSR count). The Labute approximate surface area is 121 Å². The maximum Gasteiger partial charge on any atom is 0.237 e. The number of rotatable bonds is 5. The molecule has 4 nitrogen and oxygen atoms in total. The summed E-state index contributed by atoms with van der Waals surface area (Å²) < 4.78 is 0. The van der Waals surface area contributed by atoms with Gasteiger partial charge in [0.1, 0.15) is 0 Å². The fourth-order valence-corrected chi connectivity index (χ4v) is 2.49. The molecule has 1 N–H and O–H groups in total. The van der Waals surface area contributed by atoms with E-state index in [1.54, 1.807) is 6.08 Å². The van der Waals surface area contributed by atoms with Crippen molar-refractivity contribution in [1.82, 2.24) is 10.2 Å². The van der Waals surface area contributed by atoms with Gasteiger partial charge in [0, 0.05) is 38.4 Å². The van der Waals surface area contributed by atoms with E-state index in [2.05, 4.69) is 46.0 Å². The van der Waals surface area contributed by atoms with E-state index in [1.165, 1.54) is 5.69 Å². The van der Waals surface area contributed by atoms with Gasteiger partial charge in [0.05, 0.1) is 6.04 Å². The van der Waals surface area contributed by atoms with Gasteiger partial charge in [-0.25, -0.2) is 0 Å². The second-order valence-electron chi connectivity index (χ2n) is 5.07. The second-order valence-corrected chi connectivity index (χ2v) is 5.07. The summed E-state index contributed by atoms with van der Waals surface area (Å²) in [5.74, 6) is 0.0815. The van der Waals surface area contributed by atoms with Crippen molar-refractivity contribution in [2.45, 2.75) is 13.0 Å². The minimum Gasteiger partial charge on any atom is -0.369 e. The minimum atomic E-state index is -0.0760. The van der Waals surface area contributed by atoms with E-state index in [-0.39, 0.29) is 11.9 Å². The fourth-order valence-electron chi connectivity index (χ4n) is 2.49. The number of anilines is 1. The Morgan fingerprint density at radius 1 is 1.30 bits per heavy atom. The zero-order valence-electron chi connectivity index (χ0n) is 12.1. The molecule has 0 aromatic heterocycles. The molecule has 0 radical (unpaired) electrons. The number of carbonyl (C=O) groups excluding carboxylic acids is 1. The van der Waals surface area contributed by atoms with Crippen LogP contribution in [0.3, 0.4) is 0 Å². The predicted molar refractivity (Wildman–Crippen MR) is 82.9 cm³/mol. The van der Waals surface area contributed by atoms with Gasteiger partial charge in [0.25, 0.3) is 0 Å². The van der Waals surface area contributed by atoms with Crippen LogP contribution in [0.25, 0.3) is 0 Å². The van der Waals surface area contributed by atoms with Crippen LogP contribution >= 0.6 is 0 Å². The van der Waals surface area contributed by atoms with Crippen molar-refractivity contribution in [2.75, 3.05) is 37.6 Å². The van der Waals surface area contributed by atoms with Gasteiger partial charge in [-0.15, -0.1) is 6.58 Å². The Balaban J connectivity index is 1.84. The van der Waals surface area contributed by atoms with Gasteiger partial charge in [-0.2, -0.15) is 0 Å². The lowest BCUT2D eigenvalue weighted by molar-refractivity contribution is -0.125. The largest absolute Gasteiger partial charge is 0.369 e. The molecule has 108 valence electrons. The molecule has 1 aromatic carbocycles. The highest BCUT2D eigenvalue weighted by molar-refractivity contribution is 5.81. The number of amides is 1. The summed E-state index contributed by atoms with van der Waals surface area (Å²) in [5.41, 5.74) is 1.26. The van der Waals surface area contributed by atoms with Gasteiger partial charge in [0.15, 0.2) is 0 Å². The molecule has 1 saturated heterocycles. The Morgan fingerprint density at radius 3 is 2.55 bits per heavy atom. The zero-order valence-corrected chi connectivity index (χ0v) is 12.1. The van der Waals surface area contributed by atoms with E-state index in [0.29, 0.717) is 6.54 Å². The van der Waals surface area contributed by atoms with E-state index in [0.717, 1.165) is 26.2 Å². The van der Waals surface area contributed by atoms with E-state index in [1.807, 2.05) is 13.0 Å². The van der Waals surface area contributed by atoms with E-state index < -0.39 is 0 Å². The molecule has 4 heteroatoms. The number of carbonyl (C=O) groups is 1. The van der Waals surface area contributed by atoms with Gasteiger partial charge in [-0.1, -0.05) is 24.3 Å². The van der Waals surface area contributed by atoms with Gasteiger partial charge in [-0.05, 0) is 19.1 Å². The smallest absolute Gasteiger partial charge is 0.237 e. The quantitative estimate of drug-likeness (QED) is 0.826. The van der Waals surface area contributed by atoms with Crippen molar-refractivity contribution in [3.63, 3.8) is 0 Å². The lowest BCUT2D eigenvalue weighted by Crippen LogP contribution is -2.54. The van der Waals surface area contributed by atoms with Crippen LogP contribution in [0.5, 0.6) is 0 Å². The number of para-hydroxylation sites is 1. The summed E-state index contributed by atoms with van der Waals surface area (Å²) in [4.78, 5) is 16.5. The third-order valence-corrected chi connectivity index (χ3v) is 3.78. The lowest BCUT2D eigenvalue weighted by atomic mass is 10.2. The van der Waals surface area contributed by atoms with Gasteiger partial charge < -0.3 is 10.2 Å². The fraction of sp³-hybridized carbons (Fsp3) is 0.438. The molecular weight excluding hydrogens is 250 g/mol. The zero-order chi connectivity index (χ0) is 14.4. The normalized spacial score (nSPS) is 17.6. The molecule has 20 heavy (non-hydrogen) atoms. The summed E-state index contributed by atoms with van der Waals surface area (Å²) in [6, 6.07) is 10.4. The van der Waals surface area contributed by atoms with E-state index in [4.69, 9.17) is 0 Å². The summed E-state index contributed by atoms with van der Waals surface area (Å²) in [6.07, 6.45) is 1.71. The lowest BCUT2D eigenvalue weighted by Gasteiger charge is -2.38. The van der Waals surface area contributed by atoms with Crippen LogP contribution in [-0.2, 0) is 4.79 Å². The van der Waals surface area contributed by atoms with Crippen LogP contribution in [0.1, 0.15) is 6.92 Å². The van der Waals surface area contributed by atoms with Crippen LogP contribution in [0, 0.1) is 0 Å². The molecule has 1 amide bonds. The third kappa shape index (κ3) is 3.61.